The summed E-state index contributed by atoms with van der Waals surface area (Å²) in [6.45, 7) is 5.27. The Morgan fingerprint density at radius 1 is 1.22 bits per heavy atom. The van der Waals surface area contributed by atoms with Gasteiger partial charge in [-0.2, -0.15) is 0 Å². The first-order valence-corrected chi connectivity index (χ1v) is 6.31. The molecule has 0 fully saturated rings. The molecule has 0 aliphatic carbocycles. The van der Waals surface area contributed by atoms with E-state index < -0.39 is 0 Å². The maximum atomic E-state index is 9.00. The van der Waals surface area contributed by atoms with Crippen LogP contribution in [-0.2, 0) is 0 Å². The second-order valence-electron chi connectivity index (χ2n) is 4.58. The summed E-state index contributed by atoms with van der Waals surface area (Å²) in [5.74, 6) is 0.948. The van der Waals surface area contributed by atoms with Crippen LogP contribution in [0.4, 0.5) is 5.82 Å². The van der Waals surface area contributed by atoms with Crippen molar-refractivity contribution in [1.82, 2.24) is 9.97 Å². The molecule has 0 radical (unpaired) electrons. The van der Waals surface area contributed by atoms with E-state index in [2.05, 4.69) is 28.7 Å². The number of para-hydroxylation sites is 1. The number of aliphatic hydroxyl groups excluding tert-OH is 1. The van der Waals surface area contributed by atoms with Crippen LogP contribution in [0, 0.1) is 0 Å². The van der Waals surface area contributed by atoms with E-state index in [0.29, 0.717) is 6.04 Å². The smallest absolute Gasteiger partial charge is 0.140 e. The molecule has 0 amide bonds. The summed E-state index contributed by atoms with van der Waals surface area (Å²) < 4.78 is 0. The Labute approximate surface area is 107 Å². The number of nitrogens with zero attached hydrogens (tertiary/aromatic N) is 3. The molecular formula is C14H19N3O. The summed E-state index contributed by atoms with van der Waals surface area (Å²) >= 11 is 0. The fraction of sp³-hybridized carbons (Fsp3) is 0.429. The largest absolute Gasteiger partial charge is 0.396 e. The van der Waals surface area contributed by atoms with Gasteiger partial charge in [0.25, 0.3) is 0 Å². The molecule has 0 bridgehead atoms. The van der Waals surface area contributed by atoms with Crippen molar-refractivity contribution in [3.63, 3.8) is 0 Å². The number of hydrogen-bond donors (Lipinski definition) is 1. The number of hydrogen-bond acceptors (Lipinski definition) is 4. The Balaban J connectivity index is 2.43. The van der Waals surface area contributed by atoms with Gasteiger partial charge in [-0.3, -0.25) is 0 Å². The van der Waals surface area contributed by atoms with Gasteiger partial charge in [0, 0.05) is 24.6 Å². The Morgan fingerprint density at radius 2 is 2.00 bits per heavy atom. The first-order chi connectivity index (χ1) is 8.74. The minimum absolute atomic E-state index is 0.201. The molecule has 2 aromatic rings. The van der Waals surface area contributed by atoms with Gasteiger partial charge in [0.15, 0.2) is 0 Å². The molecule has 1 heterocycles. The normalized spacial score (nSPS) is 11.1. The molecule has 1 N–H and O–H groups in total. The molecule has 1 aromatic carbocycles. The highest BCUT2D eigenvalue weighted by Crippen LogP contribution is 2.24. The third kappa shape index (κ3) is 2.59. The van der Waals surface area contributed by atoms with Crippen molar-refractivity contribution < 1.29 is 5.11 Å². The molecule has 0 spiro atoms. The zero-order valence-corrected chi connectivity index (χ0v) is 10.9. The third-order valence-electron chi connectivity index (χ3n) is 2.97. The van der Waals surface area contributed by atoms with Crippen molar-refractivity contribution in [2.75, 3.05) is 18.1 Å². The Kier molecular flexibility index (Phi) is 4.10. The van der Waals surface area contributed by atoms with E-state index in [1.807, 2.05) is 24.3 Å². The molecule has 0 saturated heterocycles. The summed E-state index contributed by atoms with van der Waals surface area (Å²) in [4.78, 5) is 10.9. The van der Waals surface area contributed by atoms with Crippen LogP contribution in [0.3, 0.4) is 0 Å². The molecule has 0 aliphatic rings. The summed E-state index contributed by atoms with van der Waals surface area (Å²) in [5.41, 5.74) is 0.956. The van der Waals surface area contributed by atoms with Crippen LogP contribution in [0.15, 0.2) is 30.6 Å². The highest BCUT2D eigenvalue weighted by Gasteiger charge is 2.14. The molecule has 0 unspecified atom stereocenters. The fourth-order valence-corrected chi connectivity index (χ4v) is 2.07. The molecule has 96 valence electrons. The summed E-state index contributed by atoms with van der Waals surface area (Å²) in [7, 11) is 0. The second kappa shape index (κ2) is 5.78. The molecule has 4 nitrogen and oxygen atoms in total. The SMILES string of the molecule is CC(C)N(CCCO)c1ncnc2ccccc12. The van der Waals surface area contributed by atoms with E-state index in [1.165, 1.54) is 0 Å². The van der Waals surface area contributed by atoms with Gasteiger partial charge in [0.2, 0.25) is 0 Å². The van der Waals surface area contributed by atoms with Crippen LogP contribution in [0.1, 0.15) is 20.3 Å². The fourth-order valence-electron chi connectivity index (χ4n) is 2.07. The lowest BCUT2D eigenvalue weighted by atomic mass is 10.2. The molecule has 0 atom stereocenters. The zero-order valence-electron chi connectivity index (χ0n) is 10.9. The van der Waals surface area contributed by atoms with Crippen molar-refractivity contribution in [2.45, 2.75) is 26.3 Å². The maximum Gasteiger partial charge on any atom is 0.140 e. The molecule has 4 heteroatoms. The molecular weight excluding hydrogens is 226 g/mol. The second-order valence-corrected chi connectivity index (χ2v) is 4.58. The van der Waals surface area contributed by atoms with Gasteiger partial charge < -0.3 is 10.0 Å². The van der Waals surface area contributed by atoms with E-state index in [1.54, 1.807) is 6.33 Å². The highest BCUT2D eigenvalue weighted by molar-refractivity contribution is 5.89. The lowest BCUT2D eigenvalue weighted by Crippen LogP contribution is -2.33. The van der Waals surface area contributed by atoms with Gasteiger partial charge in [-0.25, -0.2) is 9.97 Å². The predicted octanol–water partition coefficient (Wildman–Crippen LogP) is 2.23. The molecule has 0 saturated carbocycles. The lowest BCUT2D eigenvalue weighted by Gasteiger charge is -2.28. The number of benzene rings is 1. The standard InChI is InChI=1S/C14H19N3O/c1-11(2)17(8-5-9-18)14-12-6-3-4-7-13(12)15-10-16-14/h3-4,6-7,10-11,18H,5,8-9H2,1-2H3. The minimum atomic E-state index is 0.201. The van der Waals surface area contributed by atoms with E-state index in [4.69, 9.17) is 5.11 Å². The average Bonchev–Trinajstić information content (AvgIpc) is 2.39. The van der Waals surface area contributed by atoms with Gasteiger partial charge in [0.1, 0.15) is 12.1 Å². The Morgan fingerprint density at radius 3 is 2.72 bits per heavy atom. The monoisotopic (exact) mass is 245 g/mol. The summed E-state index contributed by atoms with van der Waals surface area (Å²) in [5, 5.41) is 10.1. The number of aromatic nitrogens is 2. The van der Waals surface area contributed by atoms with Crippen LogP contribution in [0.25, 0.3) is 10.9 Å². The minimum Gasteiger partial charge on any atom is -0.396 e. The number of fused-ring (bicyclic) bond motifs is 1. The van der Waals surface area contributed by atoms with E-state index in [-0.39, 0.29) is 6.61 Å². The number of anilines is 1. The maximum absolute atomic E-state index is 9.00. The van der Waals surface area contributed by atoms with Gasteiger partial charge in [-0.15, -0.1) is 0 Å². The molecule has 2 rings (SSSR count). The van der Waals surface area contributed by atoms with Crippen molar-refractivity contribution in [2.24, 2.45) is 0 Å². The van der Waals surface area contributed by atoms with E-state index in [0.717, 1.165) is 29.7 Å². The van der Waals surface area contributed by atoms with Crippen LogP contribution in [0.5, 0.6) is 0 Å². The van der Waals surface area contributed by atoms with Crippen LogP contribution in [-0.4, -0.2) is 34.3 Å². The van der Waals surface area contributed by atoms with Gasteiger partial charge in [0.05, 0.1) is 5.52 Å². The van der Waals surface area contributed by atoms with Crippen LogP contribution < -0.4 is 4.90 Å². The number of rotatable bonds is 5. The van der Waals surface area contributed by atoms with Crippen molar-refractivity contribution in [3.05, 3.63) is 30.6 Å². The predicted molar refractivity (Wildman–Crippen MR) is 73.7 cm³/mol. The van der Waals surface area contributed by atoms with Crippen LogP contribution in [0.2, 0.25) is 0 Å². The van der Waals surface area contributed by atoms with Crippen molar-refractivity contribution in [1.29, 1.82) is 0 Å². The highest BCUT2D eigenvalue weighted by atomic mass is 16.3. The Bertz CT molecular complexity index is 508. The van der Waals surface area contributed by atoms with E-state index in [9.17, 15) is 0 Å². The average molecular weight is 245 g/mol. The van der Waals surface area contributed by atoms with Gasteiger partial charge in [-0.1, -0.05) is 12.1 Å². The topological polar surface area (TPSA) is 49.2 Å². The van der Waals surface area contributed by atoms with E-state index >= 15 is 0 Å². The first kappa shape index (κ1) is 12.8. The first-order valence-electron chi connectivity index (χ1n) is 6.31. The van der Waals surface area contributed by atoms with Crippen LogP contribution >= 0.6 is 0 Å². The zero-order chi connectivity index (χ0) is 13.0. The number of aliphatic hydroxyl groups is 1. The van der Waals surface area contributed by atoms with Gasteiger partial charge >= 0.3 is 0 Å². The third-order valence-corrected chi connectivity index (χ3v) is 2.97. The Hall–Kier alpha value is -1.68. The summed E-state index contributed by atoms with van der Waals surface area (Å²) in [6.07, 6.45) is 2.35. The molecule has 0 aliphatic heterocycles. The van der Waals surface area contributed by atoms with Crippen molar-refractivity contribution in [3.8, 4) is 0 Å². The molecule has 18 heavy (non-hydrogen) atoms. The molecule has 1 aromatic heterocycles. The lowest BCUT2D eigenvalue weighted by molar-refractivity contribution is 0.288. The van der Waals surface area contributed by atoms with Gasteiger partial charge in [-0.05, 0) is 32.4 Å². The van der Waals surface area contributed by atoms with Crippen molar-refractivity contribution >= 4 is 16.7 Å². The quantitative estimate of drug-likeness (QED) is 0.877. The summed E-state index contributed by atoms with van der Waals surface area (Å²) in [6, 6.07) is 8.35.